The Kier molecular flexibility index (Phi) is 6.21. The summed E-state index contributed by atoms with van der Waals surface area (Å²) in [5.74, 6) is 1.46. The van der Waals surface area contributed by atoms with Crippen LogP contribution in [-0.2, 0) is 11.2 Å². The van der Waals surface area contributed by atoms with Gasteiger partial charge in [0.05, 0.1) is 7.11 Å². The molecule has 2 aliphatic heterocycles. The molecule has 3 atom stereocenters. The van der Waals surface area contributed by atoms with E-state index in [4.69, 9.17) is 15.2 Å². The van der Waals surface area contributed by atoms with E-state index < -0.39 is 0 Å². The molecule has 4 rings (SSSR count). The minimum Gasteiger partial charge on any atom is -0.493 e. The van der Waals surface area contributed by atoms with E-state index in [0.29, 0.717) is 17.4 Å². The summed E-state index contributed by atoms with van der Waals surface area (Å²) in [5, 5.41) is 2.58. The Labute approximate surface area is 184 Å². The topological polar surface area (TPSA) is 76.8 Å². The molecule has 6 heteroatoms. The molecule has 2 aromatic carbocycles. The summed E-state index contributed by atoms with van der Waals surface area (Å²) >= 11 is 0. The number of hydrogen-bond donors (Lipinski definition) is 2. The molecule has 2 aromatic rings. The van der Waals surface area contributed by atoms with Crippen molar-refractivity contribution in [2.45, 2.75) is 44.7 Å². The highest BCUT2D eigenvalue weighted by molar-refractivity contribution is 5.77. The molecular formula is C25H33N3O3. The largest absolute Gasteiger partial charge is 0.493 e. The SMILES string of the molecule is CNC(=O)COc1cc2c(cc1OC)[C@H]1C[C@@H](N)[C@H](c3cc(C)ccc3C)CN1CC2. The second kappa shape index (κ2) is 8.89. The molecule has 2 aliphatic rings. The highest BCUT2D eigenvalue weighted by Gasteiger charge is 2.39. The van der Waals surface area contributed by atoms with Crippen LogP contribution in [0.2, 0.25) is 0 Å². The summed E-state index contributed by atoms with van der Waals surface area (Å²) in [4.78, 5) is 14.2. The fourth-order valence-electron chi connectivity index (χ4n) is 5.04. The second-order valence-corrected chi connectivity index (χ2v) is 8.79. The zero-order valence-electron chi connectivity index (χ0n) is 18.9. The molecule has 0 aliphatic carbocycles. The van der Waals surface area contributed by atoms with Crippen LogP contribution in [0, 0.1) is 13.8 Å². The van der Waals surface area contributed by atoms with Crippen LogP contribution in [0.5, 0.6) is 11.5 Å². The number of aryl methyl sites for hydroxylation is 2. The number of piperidine rings is 1. The van der Waals surface area contributed by atoms with Gasteiger partial charge in [-0.1, -0.05) is 23.8 Å². The summed E-state index contributed by atoms with van der Waals surface area (Å²) in [6, 6.07) is 11.2. The van der Waals surface area contributed by atoms with Gasteiger partial charge in [0.15, 0.2) is 18.1 Å². The number of hydrogen-bond acceptors (Lipinski definition) is 5. The predicted molar refractivity (Wildman–Crippen MR) is 122 cm³/mol. The van der Waals surface area contributed by atoms with E-state index in [1.165, 1.54) is 27.8 Å². The molecule has 1 saturated heterocycles. The quantitative estimate of drug-likeness (QED) is 0.773. The Balaban J connectivity index is 1.59. The van der Waals surface area contributed by atoms with E-state index in [-0.39, 0.29) is 24.6 Å². The van der Waals surface area contributed by atoms with Gasteiger partial charge in [0.25, 0.3) is 5.91 Å². The first-order chi connectivity index (χ1) is 14.9. The van der Waals surface area contributed by atoms with Crippen LogP contribution in [0.15, 0.2) is 30.3 Å². The Morgan fingerprint density at radius 3 is 2.74 bits per heavy atom. The van der Waals surface area contributed by atoms with E-state index in [1.807, 2.05) is 6.07 Å². The molecule has 1 fully saturated rings. The number of rotatable bonds is 5. The smallest absolute Gasteiger partial charge is 0.257 e. The van der Waals surface area contributed by atoms with Crippen LogP contribution in [-0.4, -0.2) is 50.7 Å². The maximum atomic E-state index is 11.6. The fraction of sp³-hybridized carbons (Fsp3) is 0.480. The standard InChI is InChI=1S/C25H33N3O3/c1-15-5-6-16(2)18(9-15)20-13-28-8-7-17-10-24(31-14-25(29)27-3)23(30-4)11-19(17)22(28)12-21(20)26/h5-6,9-11,20-22H,7-8,12-14,26H2,1-4H3,(H,27,29)/t20-,21+,22+/m0/s1. The van der Waals surface area contributed by atoms with Gasteiger partial charge in [-0.15, -0.1) is 0 Å². The number of carbonyl (C=O) groups excluding carboxylic acids is 1. The lowest BCUT2D eigenvalue weighted by Gasteiger charge is -2.46. The molecule has 0 radical (unpaired) electrons. The maximum absolute atomic E-state index is 11.6. The Hall–Kier alpha value is -2.57. The molecule has 3 N–H and O–H groups in total. The average Bonchev–Trinajstić information content (AvgIpc) is 2.78. The van der Waals surface area contributed by atoms with E-state index in [9.17, 15) is 4.79 Å². The lowest BCUT2D eigenvalue weighted by atomic mass is 9.77. The molecule has 0 unspecified atom stereocenters. The van der Waals surface area contributed by atoms with Gasteiger partial charge in [0.2, 0.25) is 0 Å². The predicted octanol–water partition coefficient (Wildman–Crippen LogP) is 2.85. The van der Waals surface area contributed by atoms with Crippen molar-refractivity contribution in [1.29, 1.82) is 0 Å². The summed E-state index contributed by atoms with van der Waals surface area (Å²) in [7, 11) is 3.24. The van der Waals surface area contributed by atoms with Crippen LogP contribution in [0.25, 0.3) is 0 Å². The lowest BCUT2D eigenvalue weighted by Crippen LogP contribution is -2.49. The molecular weight excluding hydrogens is 390 g/mol. The van der Waals surface area contributed by atoms with E-state index in [1.54, 1.807) is 14.2 Å². The molecule has 0 spiro atoms. The van der Waals surface area contributed by atoms with Gasteiger partial charge in [0.1, 0.15) is 0 Å². The minimum absolute atomic E-state index is 0.0242. The fourth-order valence-corrected chi connectivity index (χ4v) is 5.04. The van der Waals surface area contributed by atoms with Crippen molar-refractivity contribution in [3.63, 3.8) is 0 Å². The van der Waals surface area contributed by atoms with Crippen LogP contribution >= 0.6 is 0 Å². The highest BCUT2D eigenvalue weighted by atomic mass is 16.5. The molecule has 6 nitrogen and oxygen atoms in total. The third-order valence-electron chi connectivity index (χ3n) is 6.81. The van der Waals surface area contributed by atoms with Crippen molar-refractivity contribution in [3.8, 4) is 11.5 Å². The molecule has 2 heterocycles. The molecule has 0 aromatic heterocycles. The molecule has 1 amide bonds. The van der Waals surface area contributed by atoms with Crippen molar-refractivity contribution in [3.05, 3.63) is 58.1 Å². The van der Waals surface area contributed by atoms with Crippen molar-refractivity contribution in [2.24, 2.45) is 5.73 Å². The van der Waals surface area contributed by atoms with Crippen molar-refractivity contribution in [1.82, 2.24) is 10.2 Å². The number of likely N-dealkylation sites (N-methyl/N-ethyl adjacent to an activating group) is 1. The zero-order valence-corrected chi connectivity index (χ0v) is 18.9. The van der Waals surface area contributed by atoms with Crippen molar-refractivity contribution in [2.75, 3.05) is 33.9 Å². The summed E-state index contributed by atoms with van der Waals surface area (Å²) in [6.07, 6.45) is 1.85. The van der Waals surface area contributed by atoms with Gasteiger partial charge in [-0.2, -0.15) is 0 Å². The van der Waals surface area contributed by atoms with Crippen LogP contribution in [0.1, 0.15) is 46.2 Å². The molecule has 0 bridgehead atoms. The van der Waals surface area contributed by atoms with Crippen molar-refractivity contribution < 1.29 is 14.3 Å². The molecule has 0 saturated carbocycles. The van der Waals surface area contributed by atoms with Crippen LogP contribution < -0.4 is 20.5 Å². The number of nitrogens with two attached hydrogens (primary N) is 1. The third kappa shape index (κ3) is 4.27. The summed E-state index contributed by atoms with van der Waals surface area (Å²) in [5.41, 5.74) is 13.3. The number of carbonyl (C=O) groups is 1. The second-order valence-electron chi connectivity index (χ2n) is 8.79. The number of nitrogens with zero attached hydrogens (tertiary/aromatic N) is 1. The van der Waals surface area contributed by atoms with E-state index >= 15 is 0 Å². The number of benzene rings is 2. The van der Waals surface area contributed by atoms with Crippen LogP contribution in [0.3, 0.4) is 0 Å². The number of methoxy groups -OCH3 is 1. The lowest BCUT2D eigenvalue weighted by molar-refractivity contribution is -0.122. The van der Waals surface area contributed by atoms with E-state index in [0.717, 1.165) is 25.9 Å². The number of nitrogens with one attached hydrogen (secondary N) is 1. The number of fused-ring (bicyclic) bond motifs is 3. The Bertz CT molecular complexity index is 975. The van der Waals surface area contributed by atoms with Gasteiger partial charge in [-0.3, -0.25) is 9.69 Å². The highest BCUT2D eigenvalue weighted by Crippen LogP contribution is 2.44. The van der Waals surface area contributed by atoms with Gasteiger partial charge in [-0.25, -0.2) is 0 Å². The first-order valence-corrected chi connectivity index (χ1v) is 11.0. The first kappa shape index (κ1) is 21.7. The minimum atomic E-state index is -0.165. The van der Waals surface area contributed by atoms with Gasteiger partial charge >= 0.3 is 0 Å². The zero-order chi connectivity index (χ0) is 22.1. The summed E-state index contributed by atoms with van der Waals surface area (Å²) in [6.45, 7) is 6.26. The normalized spacial score (nSPS) is 22.9. The molecule has 166 valence electrons. The van der Waals surface area contributed by atoms with Crippen LogP contribution in [0.4, 0.5) is 0 Å². The third-order valence-corrected chi connectivity index (χ3v) is 6.81. The van der Waals surface area contributed by atoms with Gasteiger partial charge in [-0.05, 0) is 61.1 Å². The molecule has 31 heavy (non-hydrogen) atoms. The van der Waals surface area contributed by atoms with E-state index in [2.05, 4.69) is 48.3 Å². The van der Waals surface area contributed by atoms with Gasteiger partial charge < -0.3 is 20.5 Å². The number of ether oxygens (including phenoxy) is 2. The van der Waals surface area contributed by atoms with Gasteiger partial charge in [0, 0.05) is 38.1 Å². The van der Waals surface area contributed by atoms with Crippen molar-refractivity contribution >= 4 is 5.91 Å². The Morgan fingerprint density at radius 1 is 1.19 bits per heavy atom. The monoisotopic (exact) mass is 423 g/mol. The first-order valence-electron chi connectivity index (χ1n) is 11.0. The number of amides is 1. The average molecular weight is 424 g/mol. The Morgan fingerprint density at radius 2 is 2.00 bits per heavy atom. The summed E-state index contributed by atoms with van der Waals surface area (Å²) < 4.78 is 11.3. The maximum Gasteiger partial charge on any atom is 0.257 e.